The number of nitrogens with one attached hydrogen (secondary N) is 4. The Hall–Kier alpha value is -7.92. The second-order valence-corrected chi connectivity index (χ2v) is 33.8. The highest BCUT2D eigenvalue weighted by molar-refractivity contribution is 7.80. The fourth-order valence-corrected chi connectivity index (χ4v) is 13.4. The Balaban J connectivity index is 0.00000263. The fraction of sp³-hybridized carbons (Fsp3) is 0.767. The van der Waals surface area contributed by atoms with Crippen molar-refractivity contribution >= 4 is 95.3 Å². The molecule has 40 nitrogen and oxygen atoms in total. The number of methoxy groups -OCH3 is 4. The molecule has 0 aliphatic carbocycles. The fourth-order valence-electron chi connectivity index (χ4n) is 12.5. The number of amides is 5. The van der Waals surface area contributed by atoms with E-state index in [1.54, 1.807) is 32.9 Å². The van der Waals surface area contributed by atoms with Gasteiger partial charge in [-0.3, -0.25) is 62.4 Å². The molecule has 11 N–H and O–H groups in total. The van der Waals surface area contributed by atoms with Gasteiger partial charge in [-0.25, -0.2) is 4.98 Å². The van der Waals surface area contributed by atoms with E-state index in [2.05, 4.69) is 38.9 Å². The number of aromatic nitrogens is 1. The number of carboxylic acids is 1. The van der Waals surface area contributed by atoms with Gasteiger partial charge < -0.3 is 128 Å². The minimum atomic E-state index is -1.07. The number of aliphatic carboxylic acids is 1. The highest BCUT2D eigenvalue weighted by Crippen LogP contribution is 2.33. The van der Waals surface area contributed by atoms with Crippen molar-refractivity contribution in [1.82, 2.24) is 36.1 Å². The number of hydrogen-bond donors (Lipinski definition) is 12. The van der Waals surface area contributed by atoms with Crippen molar-refractivity contribution in [3.63, 3.8) is 0 Å². The van der Waals surface area contributed by atoms with Gasteiger partial charge in [0, 0.05) is 116 Å². The molecule has 0 radical (unpaired) electrons. The molecule has 2 aromatic rings. The predicted molar refractivity (Wildman–Crippen MR) is 488 cm³/mol. The van der Waals surface area contributed by atoms with Crippen LogP contribution in [0.3, 0.4) is 0 Å². The van der Waals surface area contributed by atoms with Crippen LogP contribution >= 0.6 is 24.0 Å². The number of esters is 6. The molecule has 16 atom stereocenters. The number of phenols is 1. The average molecular weight is 1930 g/mol. The third-order valence-electron chi connectivity index (χ3n) is 20.5. The van der Waals surface area contributed by atoms with Gasteiger partial charge >= 0.3 is 41.8 Å². The first-order valence-electron chi connectivity index (χ1n) is 45.2. The summed E-state index contributed by atoms with van der Waals surface area (Å²) < 4.78 is 73.6. The minimum Gasteiger partial charge on any atom is -0.508 e. The van der Waals surface area contributed by atoms with E-state index in [4.69, 9.17) is 97.0 Å². The number of carbonyl (C=O) groups excluding carboxylic acids is 11. The van der Waals surface area contributed by atoms with E-state index in [0.717, 1.165) is 36.3 Å². The highest BCUT2D eigenvalue weighted by atomic mass is 32.1. The minimum absolute atomic E-state index is 0.000996. The van der Waals surface area contributed by atoms with Crippen LogP contribution in [0.4, 0.5) is 0 Å². The zero-order valence-electron chi connectivity index (χ0n) is 80.6. The summed E-state index contributed by atoms with van der Waals surface area (Å²) in [5.74, 6) is -6.66. The standard InChI is InChI=1S/C57H90N6O16S.C14H27NO6S.C12H22O7.C7H16O4/c1-13-36(6)52(61-54(71)45-17-14-15-24-62(45)11)56(72)63(33-76-50(69)25-34(2)3)46(35(4)5)28-47(79-40(10)65)55-60-44(32-80-55)53(70)59-42(27-41-20-22-43(66)23-21-41)26-37(7)57(73)78-38(8)29-58-48(67)18-16-19-49(68)75-31-51(74-12)77-39(9)30-64;1-3-11(9-16)21-14(19-2)10-20-13(18)6-4-5-12(17)15-7-8-22;1-3-9(7-13)19-12(17-2)8-18-11(16)6-4-5-10(14)15;1-3-6(4-8)11-7(5-9)10-2/h20-23,32,34-39,42,45-47,51-52,64,66H,13-19,24-31,33H2,1-12H3,(H,58,67)(H,59,70)(H,61,71);11,14,16,22H,3-10H2,1-2H3,(H,15,17);9,12-13H,3-8H2,1-2H3,(H,14,15);6-9H,3-5H2,1-2H3/t36-,37-,38?,39?,42+,45+,46+,47+,51?,52-;;;/m0.../s1. The molecule has 5 amide bonds. The molecular formula is C90H155N7O33S2. The summed E-state index contributed by atoms with van der Waals surface area (Å²) in [6.07, 6.45) is 0.517. The van der Waals surface area contributed by atoms with Crippen molar-refractivity contribution < 1.29 is 160 Å². The number of likely N-dealkylation sites (N-methyl/N-ethyl adjacent to an activating group) is 1. The number of nitrogens with zero attached hydrogens (tertiary/aromatic N) is 3. The topological polar surface area (TPSA) is 543 Å². The normalized spacial score (nSPS) is 16.0. The number of aliphatic hydroxyl groups is 5. The number of carbonyl (C=O) groups is 12. The summed E-state index contributed by atoms with van der Waals surface area (Å²) >= 11 is 5.06. The van der Waals surface area contributed by atoms with Crippen LogP contribution < -0.4 is 21.3 Å². The maximum absolute atomic E-state index is 15.0. The van der Waals surface area contributed by atoms with Crippen LogP contribution in [0, 0.1) is 23.7 Å². The molecule has 132 heavy (non-hydrogen) atoms. The van der Waals surface area contributed by atoms with Crippen LogP contribution in [-0.2, 0) is 125 Å². The molecule has 2 heterocycles. The van der Waals surface area contributed by atoms with E-state index >= 15 is 0 Å². The summed E-state index contributed by atoms with van der Waals surface area (Å²) in [4.78, 5) is 160. The molecule has 1 aromatic heterocycles. The van der Waals surface area contributed by atoms with Crippen molar-refractivity contribution in [3.05, 3.63) is 45.9 Å². The van der Waals surface area contributed by atoms with Crippen molar-refractivity contribution in [2.75, 3.05) is 120 Å². The number of rotatable bonds is 65. The number of benzene rings is 1. The first-order chi connectivity index (χ1) is 62.7. The van der Waals surface area contributed by atoms with E-state index in [0.29, 0.717) is 50.8 Å². The lowest BCUT2D eigenvalue weighted by Crippen LogP contribution is -2.59. The van der Waals surface area contributed by atoms with Crippen LogP contribution in [0.25, 0.3) is 0 Å². The molecule has 0 bridgehead atoms. The van der Waals surface area contributed by atoms with Gasteiger partial charge in [0.25, 0.3) is 5.91 Å². The highest BCUT2D eigenvalue weighted by Gasteiger charge is 2.40. The molecule has 1 fully saturated rings. The first kappa shape index (κ1) is 124. The Morgan fingerprint density at radius 3 is 1.55 bits per heavy atom. The van der Waals surface area contributed by atoms with Crippen LogP contribution in [0.2, 0.25) is 0 Å². The van der Waals surface area contributed by atoms with E-state index in [-0.39, 0.29) is 207 Å². The van der Waals surface area contributed by atoms with Crippen LogP contribution in [-0.4, -0.2) is 322 Å². The third kappa shape index (κ3) is 55.8. The van der Waals surface area contributed by atoms with Gasteiger partial charge in [-0.1, -0.05) is 94.2 Å². The molecule has 0 saturated carbocycles. The quantitative estimate of drug-likeness (QED) is 0.0145. The molecule has 760 valence electrons. The molecule has 1 aliphatic rings. The van der Waals surface area contributed by atoms with Gasteiger partial charge in [0.2, 0.25) is 23.6 Å². The molecule has 3 rings (SSSR count). The number of phenolic OH excluding ortho intramolecular Hbond substituents is 1. The van der Waals surface area contributed by atoms with E-state index < -0.39 is 134 Å². The second-order valence-electron chi connectivity index (χ2n) is 32.5. The van der Waals surface area contributed by atoms with Crippen LogP contribution in [0.5, 0.6) is 5.75 Å². The molecule has 42 heteroatoms. The number of likely N-dealkylation sites (tertiary alicyclic amines) is 1. The first-order valence-corrected chi connectivity index (χ1v) is 46.7. The van der Waals surface area contributed by atoms with Crippen molar-refractivity contribution in [1.29, 1.82) is 0 Å². The number of thiazole rings is 1. The van der Waals surface area contributed by atoms with E-state index in [9.17, 15) is 62.6 Å². The van der Waals surface area contributed by atoms with Gasteiger partial charge in [0.05, 0.1) is 76.0 Å². The summed E-state index contributed by atoms with van der Waals surface area (Å²) in [5.41, 5.74) is 0.745. The molecule has 1 saturated heterocycles. The van der Waals surface area contributed by atoms with Crippen LogP contribution in [0.15, 0.2) is 29.6 Å². The van der Waals surface area contributed by atoms with E-state index in [1.165, 1.54) is 57.8 Å². The largest absolute Gasteiger partial charge is 0.508 e. The summed E-state index contributed by atoms with van der Waals surface area (Å²) in [6.45, 7) is 22.9. The smallest absolute Gasteiger partial charge is 0.309 e. The van der Waals surface area contributed by atoms with Gasteiger partial charge in [-0.05, 0) is 127 Å². The number of thiol groups is 1. The molecule has 0 spiro atoms. The Morgan fingerprint density at radius 2 is 1.10 bits per heavy atom. The lowest BCUT2D eigenvalue weighted by atomic mass is 9.92. The average Bonchev–Trinajstić information content (AvgIpc) is 1.25. The van der Waals surface area contributed by atoms with Gasteiger partial charge in [-0.15, -0.1) is 11.3 Å². The number of hydrogen-bond acceptors (Lipinski definition) is 36. The third-order valence-corrected chi connectivity index (χ3v) is 21.7. The van der Waals surface area contributed by atoms with Crippen LogP contribution in [0.1, 0.15) is 239 Å². The van der Waals surface area contributed by atoms with Gasteiger partial charge in [0.1, 0.15) is 48.4 Å². The second kappa shape index (κ2) is 73.4. The SMILES string of the molecule is CCC(CO)OC(CO)OC.CCC(CO)OC(COC(=O)CCCC(=O)NCCS)OC.CCC(CO)OC(COC(=O)CCCC(=O)O)OC.CC[C@H](C)[C@H](NC(=O)[C@H]1CCCCN1C)C(=O)N(COC(=O)CC(C)C)[C@H](C[C@@H](OC(C)=O)c1nc(C(=O)N[C@@H](Cc2ccc(O)cc2)C[C@H](C)C(=O)OC(C)CNC(=O)CCCC(=O)OCC(OC)OC(C)CO)cs1)C(C)C. The van der Waals surface area contributed by atoms with Gasteiger partial charge in [-0.2, -0.15) is 12.6 Å². The van der Waals surface area contributed by atoms with Crippen molar-refractivity contribution in [3.8, 4) is 5.75 Å². The maximum atomic E-state index is 15.0. The summed E-state index contributed by atoms with van der Waals surface area (Å²) in [7, 11) is 7.57. The maximum Gasteiger partial charge on any atom is 0.309 e. The lowest BCUT2D eigenvalue weighted by Gasteiger charge is -2.39. The predicted octanol–water partition coefficient (Wildman–Crippen LogP) is 6.55. The Kier molecular flexibility index (Phi) is 69.0. The molecule has 1 aromatic carbocycles. The monoisotopic (exact) mass is 1930 g/mol. The Labute approximate surface area is 787 Å². The lowest BCUT2D eigenvalue weighted by molar-refractivity contribution is -0.194. The summed E-state index contributed by atoms with van der Waals surface area (Å²) in [5, 5.41) is 76.1. The number of ether oxygens (including phenoxy) is 14. The zero-order chi connectivity index (χ0) is 99.8. The number of aromatic hydroxyl groups is 1. The van der Waals surface area contributed by atoms with Gasteiger partial charge in [0.15, 0.2) is 38.0 Å². The van der Waals surface area contributed by atoms with Crippen molar-refractivity contribution in [2.24, 2.45) is 23.7 Å². The molecule has 1 aliphatic heterocycles. The number of piperidine rings is 1. The number of aliphatic hydroxyl groups excluding tert-OH is 5. The zero-order valence-corrected chi connectivity index (χ0v) is 82.3. The number of carboxylic acid groups (broad SMARTS) is 1. The Bertz CT molecular complexity index is 3530. The Morgan fingerprint density at radius 1 is 0.591 bits per heavy atom. The van der Waals surface area contributed by atoms with Crippen molar-refractivity contribution in [2.45, 2.75) is 304 Å². The summed E-state index contributed by atoms with van der Waals surface area (Å²) in [6, 6.07) is 3.63. The molecular weight excluding hydrogens is 1770 g/mol. The molecule has 9 unspecified atom stereocenters. The van der Waals surface area contributed by atoms with E-state index in [1.807, 2.05) is 74.3 Å².